The molecular weight excluding hydrogens is 250 g/mol. The molecule has 0 atom stereocenters. The molecule has 1 aromatic carbocycles. The molecule has 0 aliphatic carbocycles. The van der Waals surface area contributed by atoms with Gasteiger partial charge in [-0.1, -0.05) is 32.9 Å². The monoisotopic (exact) mass is 269 g/mol. The number of rotatable bonds is 6. The van der Waals surface area contributed by atoms with E-state index in [1.165, 1.54) is 12.1 Å². The summed E-state index contributed by atoms with van der Waals surface area (Å²) in [7, 11) is -3.45. The van der Waals surface area contributed by atoms with E-state index >= 15 is 0 Å². The standard InChI is InChI=1S/C13H19NO3S/c1-4-9-14-18(16,17)12-7-5-11(6-8-12)13(15)10(2)3/h5-8,10,14H,4,9H2,1-3H3. The minimum atomic E-state index is -3.45. The Labute approximate surface area is 108 Å². The first kappa shape index (κ1) is 14.9. The first-order valence-corrected chi connectivity index (χ1v) is 7.50. The molecule has 0 aliphatic heterocycles. The zero-order chi connectivity index (χ0) is 13.8. The molecule has 5 heteroatoms. The van der Waals surface area contributed by atoms with Crippen molar-refractivity contribution in [2.45, 2.75) is 32.1 Å². The highest BCUT2D eigenvalue weighted by molar-refractivity contribution is 7.89. The van der Waals surface area contributed by atoms with Gasteiger partial charge in [0.25, 0.3) is 0 Å². The van der Waals surface area contributed by atoms with Crippen molar-refractivity contribution in [2.24, 2.45) is 5.92 Å². The molecule has 18 heavy (non-hydrogen) atoms. The first-order chi connectivity index (χ1) is 8.38. The van der Waals surface area contributed by atoms with Crippen molar-refractivity contribution in [1.82, 2.24) is 4.72 Å². The number of sulfonamides is 1. The van der Waals surface area contributed by atoms with Crippen LogP contribution >= 0.6 is 0 Å². The van der Waals surface area contributed by atoms with Gasteiger partial charge in [-0.15, -0.1) is 0 Å². The Hall–Kier alpha value is -1.20. The molecule has 1 aromatic rings. The Morgan fingerprint density at radius 1 is 1.22 bits per heavy atom. The van der Waals surface area contributed by atoms with E-state index in [1.54, 1.807) is 12.1 Å². The molecule has 1 N–H and O–H groups in total. The van der Waals surface area contributed by atoms with Gasteiger partial charge in [0.2, 0.25) is 10.0 Å². The summed E-state index contributed by atoms with van der Waals surface area (Å²) in [6.45, 7) is 5.94. The smallest absolute Gasteiger partial charge is 0.240 e. The van der Waals surface area contributed by atoms with Crippen LogP contribution in [0.4, 0.5) is 0 Å². The minimum absolute atomic E-state index is 0.0143. The molecule has 0 aliphatic rings. The Morgan fingerprint density at radius 2 is 1.78 bits per heavy atom. The average Bonchev–Trinajstić information content (AvgIpc) is 2.35. The summed E-state index contributed by atoms with van der Waals surface area (Å²) in [5.74, 6) is -0.0776. The van der Waals surface area contributed by atoms with Gasteiger partial charge in [0, 0.05) is 18.0 Å². The number of hydrogen-bond donors (Lipinski definition) is 1. The van der Waals surface area contributed by atoms with Crippen molar-refractivity contribution < 1.29 is 13.2 Å². The van der Waals surface area contributed by atoms with E-state index < -0.39 is 10.0 Å². The molecule has 0 radical (unpaired) electrons. The van der Waals surface area contributed by atoms with Gasteiger partial charge in [-0.25, -0.2) is 13.1 Å². The molecular formula is C13H19NO3S. The van der Waals surface area contributed by atoms with Crippen LogP contribution in [0.15, 0.2) is 29.2 Å². The molecule has 0 saturated heterocycles. The van der Waals surface area contributed by atoms with Gasteiger partial charge in [0.15, 0.2) is 5.78 Å². The van der Waals surface area contributed by atoms with Crippen molar-refractivity contribution >= 4 is 15.8 Å². The maximum absolute atomic E-state index is 11.8. The maximum Gasteiger partial charge on any atom is 0.240 e. The number of ketones is 1. The van der Waals surface area contributed by atoms with Gasteiger partial charge < -0.3 is 0 Å². The summed E-state index contributed by atoms with van der Waals surface area (Å²) >= 11 is 0. The van der Waals surface area contributed by atoms with Crippen molar-refractivity contribution in [1.29, 1.82) is 0 Å². The second-order valence-electron chi connectivity index (χ2n) is 4.44. The number of carbonyl (C=O) groups is 1. The number of carbonyl (C=O) groups excluding carboxylic acids is 1. The van der Waals surface area contributed by atoms with Crippen LogP contribution in [0.5, 0.6) is 0 Å². The molecule has 1 rings (SSSR count). The second-order valence-corrected chi connectivity index (χ2v) is 6.21. The average molecular weight is 269 g/mol. The molecule has 4 nitrogen and oxygen atoms in total. The molecule has 100 valence electrons. The maximum atomic E-state index is 11.8. The van der Waals surface area contributed by atoms with Gasteiger partial charge in [0.1, 0.15) is 0 Å². The SMILES string of the molecule is CCCNS(=O)(=O)c1ccc(C(=O)C(C)C)cc1. The van der Waals surface area contributed by atoms with E-state index in [4.69, 9.17) is 0 Å². The fourth-order valence-electron chi connectivity index (χ4n) is 1.45. The highest BCUT2D eigenvalue weighted by atomic mass is 32.2. The van der Waals surface area contributed by atoms with E-state index in [-0.39, 0.29) is 16.6 Å². The lowest BCUT2D eigenvalue weighted by Gasteiger charge is -2.07. The molecule has 0 heterocycles. The Kier molecular flexibility index (Phi) is 5.04. The molecule has 0 spiro atoms. The van der Waals surface area contributed by atoms with Gasteiger partial charge in [0.05, 0.1) is 4.90 Å². The summed E-state index contributed by atoms with van der Waals surface area (Å²) < 4.78 is 26.1. The summed E-state index contributed by atoms with van der Waals surface area (Å²) in [6.07, 6.45) is 0.739. The van der Waals surface area contributed by atoms with Gasteiger partial charge in [-0.05, 0) is 18.6 Å². The van der Waals surface area contributed by atoms with Crippen molar-refractivity contribution in [3.8, 4) is 0 Å². The lowest BCUT2D eigenvalue weighted by Crippen LogP contribution is -2.24. The van der Waals surface area contributed by atoms with Gasteiger partial charge in [-0.2, -0.15) is 0 Å². The topological polar surface area (TPSA) is 63.2 Å². The fraction of sp³-hybridized carbons (Fsp3) is 0.462. The summed E-state index contributed by atoms with van der Waals surface area (Å²) in [5, 5.41) is 0. The molecule has 0 bridgehead atoms. The highest BCUT2D eigenvalue weighted by Crippen LogP contribution is 2.13. The molecule has 0 fully saturated rings. The Balaban J connectivity index is 2.93. The lowest BCUT2D eigenvalue weighted by atomic mass is 10.0. The van der Waals surface area contributed by atoms with Gasteiger partial charge in [-0.3, -0.25) is 4.79 Å². The number of Topliss-reactive ketones (excluding diaryl/α,β-unsaturated/α-hetero) is 1. The van der Waals surface area contributed by atoms with E-state index in [9.17, 15) is 13.2 Å². The van der Waals surface area contributed by atoms with Crippen LogP contribution in [0.2, 0.25) is 0 Å². The van der Waals surface area contributed by atoms with Crippen molar-refractivity contribution in [3.63, 3.8) is 0 Å². The van der Waals surface area contributed by atoms with E-state index in [0.29, 0.717) is 12.1 Å². The Morgan fingerprint density at radius 3 is 2.22 bits per heavy atom. The van der Waals surface area contributed by atoms with Crippen LogP contribution in [-0.2, 0) is 10.0 Å². The predicted octanol–water partition coefficient (Wildman–Crippen LogP) is 2.21. The third kappa shape index (κ3) is 3.65. The van der Waals surface area contributed by atoms with E-state index in [2.05, 4.69) is 4.72 Å². The van der Waals surface area contributed by atoms with Crippen LogP contribution in [0.3, 0.4) is 0 Å². The van der Waals surface area contributed by atoms with Crippen molar-refractivity contribution in [3.05, 3.63) is 29.8 Å². The van der Waals surface area contributed by atoms with E-state index in [0.717, 1.165) is 6.42 Å². The largest absolute Gasteiger partial charge is 0.294 e. The predicted molar refractivity (Wildman–Crippen MR) is 71.1 cm³/mol. The van der Waals surface area contributed by atoms with Crippen LogP contribution in [0, 0.1) is 5.92 Å². The molecule has 0 saturated carbocycles. The number of benzene rings is 1. The number of hydrogen-bond acceptors (Lipinski definition) is 3. The van der Waals surface area contributed by atoms with Crippen LogP contribution in [0.25, 0.3) is 0 Å². The lowest BCUT2D eigenvalue weighted by molar-refractivity contribution is 0.0939. The zero-order valence-electron chi connectivity index (χ0n) is 10.9. The third-order valence-electron chi connectivity index (χ3n) is 2.52. The highest BCUT2D eigenvalue weighted by Gasteiger charge is 2.15. The second kappa shape index (κ2) is 6.11. The first-order valence-electron chi connectivity index (χ1n) is 6.02. The summed E-state index contributed by atoms with van der Waals surface area (Å²) in [5.41, 5.74) is 0.541. The summed E-state index contributed by atoms with van der Waals surface area (Å²) in [4.78, 5) is 11.9. The van der Waals surface area contributed by atoms with Crippen molar-refractivity contribution in [2.75, 3.05) is 6.54 Å². The summed E-state index contributed by atoms with van der Waals surface area (Å²) in [6, 6.07) is 6.05. The van der Waals surface area contributed by atoms with E-state index in [1.807, 2.05) is 20.8 Å². The normalized spacial score (nSPS) is 11.8. The third-order valence-corrected chi connectivity index (χ3v) is 3.99. The molecule has 0 amide bonds. The van der Waals surface area contributed by atoms with Crippen LogP contribution in [0.1, 0.15) is 37.6 Å². The minimum Gasteiger partial charge on any atom is -0.294 e. The van der Waals surface area contributed by atoms with Crippen LogP contribution in [-0.4, -0.2) is 20.7 Å². The van der Waals surface area contributed by atoms with Crippen LogP contribution < -0.4 is 4.72 Å². The zero-order valence-corrected chi connectivity index (χ0v) is 11.8. The molecule has 0 aromatic heterocycles. The fourth-order valence-corrected chi connectivity index (χ4v) is 2.59. The quantitative estimate of drug-likeness (QED) is 0.805. The Bertz CT molecular complexity index is 504. The number of nitrogens with one attached hydrogen (secondary N) is 1. The van der Waals surface area contributed by atoms with Gasteiger partial charge >= 0.3 is 0 Å². The molecule has 0 unspecified atom stereocenters.